The van der Waals surface area contributed by atoms with E-state index in [-0.39, 0.29) is 18.5 Å². The van der Waals surface area contributed by atoms with E-state index in [4.69, 9.17) is 28.9 Å². The van der Waals surface area contributed by atoms with E-state index in [0.717, 1.165) is 16.8 Å². The minimum atomic E-state index is -0.373. The second-order valence-corrected chi connectivity index (χ2v) is 7.48. The van der Waals surface area contributed by atoms with E-state index in [1.54, 1.807) is 23.0 Å². The number of hydrogen-bond donors (Lipinski definition) is 2. The van der Waals surface area contributed by atoms with E-state index in [1.165, 1.54) is 11.3 Å². The summed E-state index contributed by atoms with van der Waals surface area (Å²) < 4.78 is 2.25. The SMILES string of the molecule is Cn1nccc1-c1cc(C(=O)N[C@H](CN)c2ccccc2Cl)sc1Cl. The molecule has 130 valence electrons. The topological polar surface area (TPSA) is 72.9 Å². The Kier molecular flexibility index (Phi) is 5.44. The molecule has 1 atom stereocenters. The highest BCUT2D eigenvalue weighted by Crippen LogP contribution is 2.35. The number of rotatable bonds is 5. The summed E-state index contributed by atoms with van der Waals surface area (Å²) in [4.78, 5) is 13.1. The number of nitrogens with zero attached hydrogens (tertiary/aromatic N) is 2. The van der Waals surface area contributed by atoms with Crippen molar-refractivity contribution in [3.8, 4) is 11.3 Å². The van der Waals surface area contributed by atoms with Gasteiger partial charge in [0.1, 0.15) is 4.34 Å². The van der Waals surface area contributed by atoms with Gasteiger partial charge in [-0.1, -0.05) is 41.4 Å². The number of thiophene rings is 1. The van der Waals surface area contributed by atoms with Gasteiger partial charge in [0.25, 0.3) is 5.91 Å². The summed E-state index contributed by atoms with van der Waals surface area (Å²) >= 11 is 13.7. The molecule has 5 nitrogen and oxygen atoms in total. The van der Waals surface area contributed by atoms with Gasteiger partial charge in [-0.05, 0) is 23.8 Å². The van der Waals surface area contributed by atoms with Crippen molar-refractivity contribution in [1.29, 1.82) is 0 Å². The number of hydrogen-bond acceptors (Lipinski definition) is 4. The Labute approximate surface area is 159 Å². The molecule has 0 bridgehead atoms. The van der Waals surface area contributed by atoms with E-state index in [9.17, 15) is 4.79 Å². The van der Waals surface area contributed by atoms with Gasteiger partial charge in [-0.15, -0.1) is 11.3 Å². The van der Waals surface area contributed by atoms with Crippen LogP contribution in [0.15, 0.2) is 42.6 Å². The van der Waals surface area contributed by atoms with Crippen LogP contribution in [0.25, 0.3) is 11.3 Å². The Bertz CT molecular complexity index is 906. The van der Waals surface area contributed by atoms with E-state index >= 15 is 0 Å². The number of benzene rings is 1. The lowest BCUT2D eigenvalue weighted by molar-refractivity contribution is 0.0942. The molecule has 1 aromatic carbocycles. The van der Waals surface area contributed by atoms with Crippen molar-refractivity contribution in [1.82, 2.24) is 15.1 Å². The predicted octanol–water partition coefficient (Wildman–Crippen LogP) is 3.89. The first-order valence-corrected chi connectivity index (χ1v) is 9.11. The zero-order valence-electron chi connectivity index (χ0n) is 13.4. The average Bonchev–Trinajstić information content (AvgIpc) is 3.18. The highest BCUT2D eigenvalue weighted by atomic mass is 35.5. The standard InChI is InChI=1S/C17H16Cl2N4OS/c1-23-14(6-7-21-23)11-8-15(25-16(11)19)17(24)22-13(9-20)10-4-2-3-5-12(10)18/h2-8,13H,9,20H2,1H3,(H,22,24)/t13-/m1/s1. The molecule has 0 spiro atoms. The molecule has 0 saturated heterocycles. The van der Waals surface area contributed by atoms with Crippen LogP contribution in [0.1, 0.15) is 21.3 Å². The lowest BCUT2D eigenvalue weighted by Crippen LogP contribution is -2.33. The van der Waals surface area contributed by atoms with Crippen molar-refractivity contribution in [2.45, 2.75) is 6.04 Å². The fraction of sp³-hybridized carbons (Fsp3) is 0.176. The van der Waals surface area contributed by atoms with Gasteiger partial charge >= 0.3 is 0 Å². The van der Waals surface area contributed by atoms with Crippen LogP contribution in [0.4, 0.5) is 0 Å². The summed E-state index contributed by atoms with van der Waals surface area (Å²) in [7, 11) is 1.82. The summed E-state index contributed by atoms with van der Waals surface area (Å²) in [6.07, 6.45) is 1.69. The fourth-order valence-electron chi connectivity index (χ4n) is 2.54. The molecule has 0 unspecified atom stereocenters. The minimum absolute atomic E-state index is 0.239. The maximum Gasteiger partial charge on any atom is 0.261 e. The minimum Gasteiger partial charge on any atom is -0.343 e. The Morgan fingerprint density at radius 1 is 1.36 bits per heavy atom. The number of nitrogens with one attached hydrogen (secondary N) is 1. The van der Waals surface area contributed by atoms with Crippen LogP contribution < -0.4 is 11.1 Å². The van der Waals surface area contributed by atoms with Gasteiger partial charge in [-0.25, -0.2) is 0 Å². The highest BCUT2D eigenvalue weighted by molar-refractivity contribution is 7.18. The smallest absolute Gasteiger partial charge is 0.261 e. The van der Waals surface area contributed by atoms with Gasteiger partial charge in [0.05, 0.1) is 16.6 Å². The van der Waals surface area contributed by atoms with E-state index in [2.05, 4.69) is 10.4 Å². The average molecular weight is 395 g/mol. The van der Waals surface area contributed by atoms with Crippen molar-refractivity contribution >= 4 is 40.4 Å². The molecule has 0 aliphatic rings. The number of carbonyl (C=O) groups is 1. The van der Waals surface area contributed by atoms with Crippen LogP contribution in [0.3, 0.4) is 0 Å². The molecule has 0 fully saturated rings. The molecular weight excluding hydrogens is 379 g/mol. The van der Waals surface area contributed by atoms with Gasteiger partial charge in [-0.3, -0.25) is 9.48 Å². The molecule has 2 aromatic heterocycles. The molecule has 25 heavy (non-hydrogen) atoms. The quantitative estimate of drug-likeness (QED) is 0.689. The maximum absolute atomic E-state index is 12.6. The second kappa shape index (κ2) is 7.58. The third-order valence-electron chi connectivity index (χ3n) is 3.83. The number of aromatic nitrogens is 2. The predicted molar refractivity (Wildman–Crippen MR) is 102 cm³/mol. The lowest BCUT2D eigenvalue weighted by atomic mass is 10.1. The Balaban J connectivity index is 1.84. The van der Waals surface area contributed by atoms with E-state index in [0.29, 0.717) is 14.2 Å². The van der Waals surface area contributed by atoms with Crippen LogP contribution in [-0.4, -0.2) is 22.2 Å². The summed E-state index contributed by atoms with van der Waals surface area (Å²) in [6.45, 7) is 0.239. The Morgan fingerprint density at radius 2 is 2.12 bits per heavy atom. The zero-order valence-corrected chi connectivity index (χ0v) is 15.7. The number of halogens is 2. The zero-order chi connectivity index (χ0) is 18.0. The first kappa shape index (κ1) is 17.9. The number of amides is 1. The normalized spacial score (nSPS) is 12.2. The first-order chi connectivity index (χ1) is 12.0. The lowest BCUT2D eigenvalue weighted by Gasteiger charge is -2.18. The van der Waals surface area contributed by atoms with Crippen molar-refractivity contribution in [2.75, 3.05) is 6.54 Å². The first-order valence-electron chi connectivity index (χ1n) is 7.54. The molecule has 3 aromatic rings. The third-order valence-corrected chi connectivity index (χ3v) is 5.53. The molecule has 0 aliphatic heterocycles. The van der Waals surface area contributed by atoms with Crippen molar-refractivity contribution in [2.24, 2.45) is 12.8 Å². The van der Waals surface area contributed by atoms with Crippen LogP contribution >= 0.6 is 34.5 Å². The van der Waals surface area contributed by atoms with Crippen LogP contribution in [0, 0.1) is 0 Å². The van der Waals surface area contributed by atoms with Gasteiger partial charge in [0.15, 0.2) is 0 Å². The third kappa shape index (κ3) is 3.72. The van der Waals surface area contributed by atoms with Gasteiger partial charge in [0, 0.05) is 30.4 Å². The number of nitrogens with two attached hydrogens (primary N) is 1. The number of carbonyl (C=O) groups excluding carboxylic acids is 1. The van der Waals surface area contributed by atoms with Crippen LogP contribution in [0.5, 0.6) is 0 Å². The number of aryl methyl sites for hydroxylation is 1. The van der Waals surface area contributed by atoms with E-state index in [1.807, 2.05) is 31.3 Å². The van der Waals surface area contributed by atoms with Crippen LogP contribution in [-0.2, 0) is 7.05 Å². The molecule has 1 amide bonds. The summed E-state index contributed by atoms with van der Waals surface area (Å²) in [5, 5.41) is 7.62. The van der Waals surface area contributed by atoms with Gasteiger partial charge in [0.2, 0.25) is 0 Å². The second-order valence-electron chi connectivity index (χ2n) is 5.42. The molecular formula is C17H16Cl2N4OS. The van der Waals surface area contributed by atoms with Crippen molar-refractivity contribution in [3.63, 3.8) is 0 Å². The molecule has 2 heterocycles. The largest absolute Gasteiger partial charge is 0.343 e. The molecule has 3 rings (SSSR count). The summed E-state index contributed by atoms with van der Waals surface area (Å²) in [5.41, 5.74) is 8.24. The maximum atomic E-state index is 12.6. The molecule has 8 heteroatoms. The van der Waals surface area contributed by atoms with Crippen molar-refractivity contribution < 1.29 is 4.79 Å². The molecule has 0 saturated carbocycles. The molecule has 0 radical (unpaired) electrons. The summed E-state index contributed by atoms with van der Waals surface area (Å²) in [6, 6.07) is 10.6. The summed E-state index contributed by atoms with van der Waals surface area (Å²) in [5.74, 6) is -0.240. The Morgan fingerprint density at radius 3 is 2.76 bits per heavy atom. The van der Waals surface area contributed by atoms with Gasteiger partial charge < -0.3 is 11.1 Å². The van der Waals surface area contributed by atoms with Crippen LogP contribution in [0.2, 0.25) is 9.36 Å². The molecule has 3 N–H and O–H groups in total. The molecule has 0 aliphatic carbocycles. The Hall–Kier alpha value is -1.86. The fourth-order valence-corrected chi connectivity index (χ4v) is 4.01. The monoisotopic (exact) mass is 394 g/mol. The highest BCUT2D eigenvalue weighted by Gasteiger charge is 2.20. The van der Waals surface area contributed by atoms with Crippen molar-refractivity contribution in [3.05, 3.63) is 62.4 Å². The van der Waals surface area contributed by atoms with E-state index < -0.39 is 0 Å². The van der Waals surface area contributed by atoms with Gasteiger partial charge in [-0.2, -0.15) is 5.10 Å².